The molecule has 0 atom stereocenters. The van der Waals surface area contributed by atoms with Gasteiger partial charge in [0, 0.05) is 25.0 Å². The van der Waals surface area contributed by atoms with Crippen molar-refractivity contribution < 1.29 is 14.7 Å². The van der Waals surface area contributed by atoms with Gasteiger partial charge in [0.05, 0.1) is 6.33 Å². The molecule has 0 fully saturated rings. The normalized spacial score (nSPS) is 10.8. The smallest absolute Gasteiger partial charge is 0.328 e. The average molecular weight is 285 g/mol. The van der Waals surface area contributed by atoms with Crippen molar-refractivity contribution in [2.24, 2.45) is 7.05 Å². The summed E-state index contributed by atoms with van der Waals surface area (Å²) < 4.78 is 1.69. The second-order valence-corrected chi connectivity index (χ2v) is 4.62. The summed E-state index contributed by atoms with van der Waals surface area (Å²) in [4.78, 5) is 26.6. The fourth-order valence-corrected chi connectivity index (χ4v) is 1.76. The molecule has 6 nitrogen and oxygen atoms in total. The van der Waals surface area contributed by atoms with Crippen LogP contribution in [0.15, 0.2) is 36.8 Å². The number of rotatable bonds is 4. The molecule has 2 aromatic rings. The number of nitrogens with zero attached hydrogens (tertiary/aromatic N) is 2. The molecular weight excluding hydrogens is 270 g/mol. The number of benzene rings is 1. The highest BCUT2D eigenvalue weighted by molar-refractivity contribution is 6.03. The molecule has 0 spiro atoms. The van der Waals surface area contributed by atoms with Crippen LogP contribution >= 0.6 is 0 Å². The number of carboxylic acid groups (broad SMARTS) is 1. The van der Waals surface area contributed by atoms with Crippen molar-refractivity contribution in [2.45, 2.75) is 6.92 Å². The number of carbonyl (C=O) groups is 2. The fraction of sp³-hybridized carbons (Fsp3) is 0.133. The predicted molar refractivity (Wildman–Crippen MR) is 79.0 cm³/mol. The first kappa shape index (κ1) is 14.5. The third-order valence-electron chi connectivity index (χ3n) is 2.87. The summed E-state index contributed by atoms with van der Waals surface area (Å²) in [5.74, 6) is -1.33. The van der Waals surface area contributed by atoms with Gasteiger partial charge in [0.1, 0.15) is 5.69 Å². The van der Waals surface area contributed by atoms with Gasteiger partial charge in [-0.25, -0.2) is 9.78 Å². The van der Waals surface area contributed by atoms with Gasteiger partial charge in [-0.05, 0) is 30.2 Å². The van der Waals surface area contributed by atoms with E-state index in [0.717, 1.165) is 11.6 Å². The van der Waals surface area contributed by atoms with Crippen LogP contribution in [0.4, 0.5) is 5.69 Å². The lowest BCUT2D eigenvalue weighted by atomic mass is 10.1. The van der Waals surface area contributed by atoms with E-state index in [-0.39, 0.29) is 5.91 Å². The molecule has 0 saturated heterocycles. The van der Waals surface area contributed by atoms with Crippen LogP contribution in [0.2, 0.25) is 0 Å². The van der Waals surface area contributed by atoms with E-state index in [1.54, 1.807) is 36.3 Å². The van der Waals surface area contributed by atoms with E-state index in [1.807, 2.05) is 13.0 Å². The molecule has 0 aliphatic carbocycles. The van der Waals surface area contributed by atoms with Crippen LogP contribution in [0, 0.1) is 6.92 Å². The molecule has 0 bridgehead atoms. The van der Waals surface area contributed by atoms with E-state index in [1.165, 1.54) is 6.08 Å². The maximum Gasteiger partial charge on any atom is 0.328 e. The second kappa shape index (κ2) is 6.04. The Hall–Kier alpha value is -2.89. The SMILES string of the molecule is Cc1ccc(/C=C/C(=O)O)cc1NC(=O)c1cn(C)cn1. The first-order chi connectivity index (χ1) is 9.95. The standard InChI is InChI=1S/C15H15N3O3/c1-10-3-4-11(5-6-14(19)20)7-12(10)17-15(21)13-8-18(2)9-16-13/h3-9H,1-2H3,(H,17,21)(H,19,20)/b6-5+. The molecule has 1 heterocycles. The summed E-state index contributed by atoms with van der Waals surface area (Å²) in [6, 6.07) is 5.32. The van der Waals surface area contributed by atoms with Crippen molar-refractivity contribution in [3.63, 3.8) is 0 Å². The highest BCUT2D eigenvalue weighted by atomic mass is 16.4. The molecule has 21 heavy (non-hydrogen) atoms. The van der Waals surface area contributed by atoms with Gasteiger partial charge in [0.2, 0.25) is 0 Å². The summed E-state index contributed by atoms with van der Waals surface area (Å²) in [5.41, 5.74) is 2.52. The summed E-state index contributed by atoms with van der Waals surface area (Å²) >= 11 is 0. The Morgan fingerprint density at radius 2 is 2.14 bits per heavy atom. The van der Waals surface area contributed by atoms with Gasteiger partial charge in [-0.15, -0.1) is 0 Å². The Kier molecular flexibility index (Phi) is 4.18. The Morgan fingerprint density at radius 3 is 2.76 bits per heavy atom. The Balaban J connectivity index is 2.21. The van der Waals surface area contributed by atoms with E-state index in [9.17, 15) is 9.59 Å². The molecular formula is C15H15N3O3. The molecule has 0 aliphatic rings. The third-order valence-corrected chi connectivity index (χ3v) is 2.87. The lowest BCUT2D eigenvalue weighted by molar-refractivity contribution is -0.131. The zero-order valence-electron chi connectivity index (χ0n) is 11.7. The van der Waals surface area contributed by atoms with E-state index in [0.29, 0.717) is 16.9 Å². The summed E-state index contributed by atoms with van der Waals surface area (Å²) in [6.07, 6.45) is 5.69. The van der Waals surface area contributed by atoms with E-state index in [4.69, 9.17) is 5.11 Å². The van der Waals surface area contributed by atoms with Gasteiger partial charge < -0.3 is 15.0 Å². The Bertz CT molecular complexity index is 717. The van der Waals surface area contributed by atoms with Crippen LogP contribution < -0.4 is 5.32 Å². The lowest BCUT2D eigenvalue weighted by Crippen LogP contribution is -2.13. The number of imidazole rings is 1. The molecule has 0 unspecified atom stereocenters. The number of aliphatic carboxylic acids is 1. The van der Waals surface area contributed by atoms with Crippen molar-refractivity contribution in [3.8, 4) is 0 Å². The van der Waals surface area contributed by atoms with Crippen LogP contribution in [-0.2, 0) is 11.8 Å². The fourth-order valence-electron chi connectivity index (χ4n) is 1.76. The van der Waals surface area contributed by atoms with Gasteiger partial charge in [-0.3, -0.25) is 4.79 Å². The van der Waals surface area contributed by atoms with E-state index < -0.39 is 5.97 Å². The van der Waals surface area contributed by atoms with Gasteiger partial charge in [0.25, 0.3) is 5.91 Å². The van der Waals surface area contributed by atoms with Crippen molar-refractivity contribution in [1.29, 1.82) is 0 Å². The van der Waals surface area contributed by atoms with Crippen molar-refractivity contribution in [1.82, 2.24) is 9.55 Å². The molecule has 0 radical (unpaired) electrons. The molecule has 2 rings (SSSR count). The summed E-state index contributed by atoms with van der Waals surface area (Å²) in [5, 5.41) is 11.4. The zero-order valence-corrected chi connectivity index (χ0v) is 11.7. The molecule has 108 valence electrons. The number of anilines is 1. The molecule has 0 saturated carbocycles. The molecule has 1 amide bonds. The van der Waals surface area contributed by atoms with Gasteiger partial charge in [-0.2, -0.15) is 0 Å². The van der Waals surface area contributed by atoms with Gasteiger partial charge >= 0.3 is 5.97 Å². The molecule has 6 heteroatoms. The maximum atomic E-state index is 12.1. The maximum absolute atomic E-state index is 12.1. The van der Waals surface area contributed by atoms with Gasteiger partial charge in [-0.1, -0.05) is 12.1 Å². The van der Waals surface area contributed by atoms with E-state index in [2.05, 4.69) is 10.3 Å². The highest BCUT2D eigenvalue weighted by Gasteiger charge is 2.10. The molecule has 1 aromatic carbocycles. The predicted octanol–water partition coefficient (Wildman–Crippen LogP) is 2.08. The summed E-state index contributed by atoms with van der Waals surface area (Å²) in [6.45, 7) is 1.86. The van der Waals surface area contributed by atoms with Crippen LogP contribution in [0.5, 0.6) is 0 Å². The Labute approximate surface area is 121 Å². The van der Waals surface area contributed by atoms with Crippen LogP contribution in [-0.4, -0.2) is 26.5 Å². The topological polar surface area (TPSA) is 84.2 Å². The van der Waals surface area contributed by atoms with Crippen molar-refractivity contribution in [3.05, 3.63) is 53.6 Å². The average Bonchev–Trinajstić information content (AvgIpc) is 2.86. The number of hydrogen-bond acceptors (Lipinski definition) is 3. The van der Waals surface area contributed by atoms with Gasteiger partial charge in [0.15, 0.2) is 0 Å². The monoisotopic (exact) mass is 285 g/mol. The first-order valence-electron chi connectivity index (χ1n) is 6.26. The number of aromatic nitrogens is 2. The molecule has 1 aromatic heterocycles. The number of hydrogen-bond donors (Lipinski definition) is 2. The quantitative estimate of drug-likeness (QED) is 0.842. The number of carboxylic acids is 1. The molecule has 2 N–H and O–H groups in total. The third kappa shape index (κ3) is 3.79. The second-order valence-electron chi connectivity index (χ2n) is 4.62. The minimum atomic E-state index is -1.02. The number of amides is 1. The largest absolute Gasteiger partial charge is 0.478 e. The van der Waals surface area contributed by atoms with Crippen LogP contribution in [0.3, 0.4) is 0 Å². The zero-order chi connectivity index (χ0) is 15.4. The number of carbonyl (C=O) groups excluding carboxylic acids is 1. The lowest BCUT2D eigenvalue weighted by Gasteiger charge is -2.08. The minimum Gasteiger partial charge on any atom is -0.478 e. The summed E-state index contributed by atoms with van der Waals surface area (Å²) in [7, 11) is 1.78. The van der Waals surface area contributed by atoms with E-state index >= 15 is 0 Å². The van der Waals surface area contributed by atoms with Crippen molar-refractivity contribution in [2.75, 3.05) is 5.32 Å². The molecule has 0 aliphatic heterocycles. The van der Waals surface area contributed by atoms with Crippen molar-refractivity contribution >= 4 is 23.6 Å². The number of aryl methyl sites for hydroxylation is 2. The first-order valence-corrected chi connectivity index (χ1v) is 6.26. The number of nitrogens with one attached hydrogen (secondary N) is 1. The Morgan fingerprint density at radius 1 is 1.38 bits per heavy atom. The highest BCUT2D eigenvalue weighted by Crippen LogP contribution is 2.18. The van der Waals surface area contributed by atoms with Crippen LogP contribution in [0.25, 0.3) is 6.08 Å². The van der Waals surface area contributed by atoms with Crippen LogP contribution in [0.1, 0.15) is 21.6 Å². The minimum absolute atomic E-state index is 0.307.